The number of para-hydroxylation sites is 1. The maximum Gasteiger partial charge on any atom is 0.270 e. The molecule has 1 aromatic carbocycles. The maximum atomic E-state index is 12.2. The molecular formula is C15H14N4OS. The second kappa shape index (κ2) is 5.49. The quantitative estimate of drug-likeness (QED) is 0.778. The molecule has 0 fully saturated rings. The zero-order valence-electron chi connectivity index (χ0n) is 11.5. The SMILES string of the molecule is Cc1ncc(CNC(=O)c2cc(N)c3ccccc3n2)s1. The Bertz CT molecular complexity index is 812. The molecule has 106 valence electrons. The van der Waals surface area contributed by atoms with Crippen LogP contribution in [0.5, 0.6) is 0 Å². The second-order valence-corrected chi connectivity index (χ2v) is 5.96. The first-order valence-corrected chi connectivity index (χ1v) is 7.30. The number of aromatic nitrogens is 2. The van der Waals surface area contributed by atoms with E-state index in [1.165, 1.54) is 0 Å². The maximum absolute atomic E-state index is 12.2. The van der Waals surface area contributed by atoms with Crippen molar-refractivity contribution in [3.05, 3.63) is 52.1 Å². The van der Waals surface area contributed by atoms with Gasteiger partial charge in [-0.25, -0.2) is 9.97 Å². The number of rotatable bonds is 3. The number of nitrogens with zero attached hydrogens (tertiary/aromatic N) is 2. The summed E-state index contributed by atoms with van der Waals surface area (Å²) in [5.74, 6) is -0.237. The molecule has 0 aliphatic heterocycles. The van der Waals surface area contributed by atoms with Gasteiger partial charge in [0.2, 0.25) is 0 Å². The van der Waals surface area contributed by atoms with Gasteiger partial charge < -0.3 is 11.1 Å². The van der Waals surface area contributed by atoms with Gasteiger partial charge in [0.05, 0.1) is 17.1 Å². The van der Waals surface area contributed by atoms with E-state index in [4.69, 9.17) is 5.73 Å². The van der Waals surface area contributed by atoms with Gasteiger partial charge in [-0.3, -0.25) is 4.79 Å². The van der Waals surface area contributed by atoms with Crippen molar-refractivity contribution in [1.29, 1.82) is 0 Å². The van der Waals surface area contributed by atoms with Crippen LogP contribution in [0.15, 0.2) is 36.5 Å². The minimum atomic E-state index is -0.237. The lowest BCUT2D eigenvalue weighted by atomic mass is 10.1. The molecule has 21 heavy (non-hydrogen) atoms. The minimum absolute atomic E-state index is 0.237. The number of fused-ring (bicyclic) bond motifs is 1. The number of carbonyl (C=O) groups is 1. The number of benzene rings is 1. The van der Waals surface area contributed by atoms with Crippen molar-refractivity contribution in [3.63, 3.8) is 0 Å². The van der Waals surface area contributed by atoms with Crippen molar-refractivity contribution in [2.45, 2.75) is 13.5 Å². The van der Waals surface area contributed by atoms with Gasteiger partial charge in [0.25, 0.3) is 5.91 Å². The van der Waals surface area contributed by atoms with Gasteiger partial charge in [-0.2, -0.15) is 0 Å². The number of pyridine rings is 1. The molecule has 0 saturated heterocycles. The monoisotopic (exact) mass is 298 g/mol. The molecule has 0 radical (unpaired) electrons. The average molecular weight is 298 g/mol. The van der Waals surface area contributed by atoms with E-state index in [1.54, 1.807) is 23.6 Å². The molecule has 0 aliphatic rings. The molecule has 2 heterocycles. The summed E-state index contributed by atoms with van der Waals surface area (Å²) in [6, 6.07) is 9.10. The number of amides is 1. The van der Waals surface area contributed by atoms with E-state index in [0.717, 1.165) is 20.8 Å². The number of anilines is 1. The second-order valence-electron chi connectivity index (χ2n) is 4.64. The van der Waals surface area contributed by atoms with Crippen LogP contribution in [0.1, 0.15) is 20.4 Å². The van der Waals surface area contributed by atoms with Crippen LogP contribution in [0.2, 0.25) is 0 Å². The van der Waals surface area contributed by atoms with Gasteiger partial charge in [-0.05, 0) is 19.1 Å². The van der Waals surface area contributed by atoms with Gasteiger partial charge in [-0.1, -0.05) is 18.2 Å². The lowest BCUT2D eigenvalue weighted by Gasteiger charge is -2.06. The van der Waals surface area contributed by atoms with E-state index in [1.807, 2.05) is 31.2 Å². The van der Waals surface area contributed by atoms with Gasteiger partial charge in [0.15, 0.2) is 0 Å². The summed E-state index contributed by atoms with van der Waals surface area (Å²) in [6.45, 7) is 2.38. The van der Waals surface area contributed by atoms with Gasteiger partial charge in [-0.15, -0.1) is 11.3 Å². The number of nitrogen functional groups attached to an aromatic ring is 1. The highest BCUT2D eigenvalue weighted by atomic mass is 32.1. The largest absolute Gasteiger partial charge is 0.398 e. The molecule has 0 bridgehead atoms. The Morgan fingerprint density at radius 3 is 2.95 bits per heavy atom. The van der Waals surface area contributed by atoms with Crippen LogP contribution in [-0.2, 0) is 6.54 Å². The summed E-state index contributed by atoms with van der Waals surface area (Å²) in [5.41, 5.74) is 7.58. The predicted molar refractivity (Wildman–Crippen MR) is 84.2 cm³/mol. The summed E-state index contributed by atoms with van der Waals surface area (Å²) in [4.78, 5) is 21.7. The normalized spacial score (nSPS) is 10.7. The van der Waals surface area contributed by atoms with Gasteiger partial charge >= 0.3 is 0 Å². The number of nitrogens with two attached hydrogens (primary N) is 1. The first-order valence-electron chi connectivity index (χ1n) is 6.48. The first-order chi connectivity index (χ1) is 10.1. The zero-order valence-corrected chi connectivity index (χ0v) is 12.3. The van der Waals surface area contributed by atoms with Crippen molar-refractivity contribution in [2.24, 2.45) is 0 Å². The van der Waals surface area contributed by atoms with Crippen LogP contribution in [-0.4, -0.2) is 15.9 Å². The Kier molecular flexibility index (Phi) is 3.53. The van der Waals surface area contributed by atoms with Crippen molar-refractivity contribution in [2.75, 3.05) is 5.73 Å². The third-order valence-electron chi connectivity index (χ3n) is 3.07. The lowest BCUT2D eigenvalue weighted by molar-refractivity contribution is 0.0946. The van der Waals surface area contributed by atoms with E-state index in [-0.39, 0.29) is 5.91 Å². The third kappa shape index (κ3) is 2.85. The number of carbonyl (C=O) groups excluding carboxylic acids is 1. The third-order valence-corrected chi connectivity index (χ3v) is 3.99. The number of hydrogen-bond acceptors (Lipinski definition) is 5. The summed E-state index contributed by atoms with van der Waals surface area (Å²) < 4.78 is 0. The van der Waals surface area contributed by atoms with Crippen molar-refractivity contribution in [1.82, 2.24) is 15.3 Å². The number of aryl methyl sites for hydroxylation is 1. The Hall–Kier alpha value is -2.47. The molecule has 0 atom stereocenters. The van der Waals surface area contributed by atoms with E-state index in [2.05, 4.69) is 15.3 Å². The van der Waals surface area contributed by atoms with Crippen molar-refractivity contribution in [3.8, 4) is 0 Å². The van der Waals surface area contributed by atoms with Gasteiger partial charge in [0.1, 0.15) is 5.69 Å². The molecule has 1 amide bonds. The molecule has 3 aromatic rings. The predicted octanol–water partition coefficient (Wildman–Crippen LogP) is 2.51. The van der Waals surface area contributed by atoms with Crippen molar-refractivity contribution >= 4 is 33.8 Å². The van der Waals surface area contributed by atoms with E-state index < -0.39 is 0 Å². The van der Waals surface area contributed by atoms with Crippen LogP contribution in [0.3, 0.4) is 0 Å². The molecule has 2 aromatic heterocycles. The lowest BCUT2D eigenvalue weighted by Crippen LogP contribution is -2.23. The topological polar surface area (TPSA) is 80.9 Å². The van der Waals surface area contributed by atoms with E-state index in [9.17, 15) is 4.79 Å². The smallest absolute Gasteiger partial charge is 0.270 e. The molecule has 0 saturated carbocycles. The number of nitrogens with one attached hydrogen (secondary N) is 1. The van der Waals surface area contributed by atoms with Crippen LogP contribution in [0.25, 0.3) is 10.9 Å². The fraction of sp³-hybridized carbons (Fsp3) is 0.133. The summed E-state index contributed by atoms with van der Waals surface area (Å²) in [5, 5.41) is 4.67. The molecule has 0 aliphatic carbocycles. The Morgan fingerprint density at radius 1 is 1.38 bits per heavy atom. The van der Waals surface area contributed by atoms with Crippen LogP contribution in [0, 0.1) is 6.92 Å². The summed E-state index contributed by atoms with van der Waals surface area (Å²) in [7, 11) is 0. The standard InChI is InChI=1S/C15H14N4OS/c1-9-17-7-10(21-9)8-18-15(20)14-6-12(16)11-4-2-3-5-13(11)19-14/h2-7H,8H2,1H3,(H2,16,19)(H,18,20). The van der Waals surface area contributed by atoms with E-state index >= 15 is 0 Å². The molecule has 3 N–H and O–H groups in total. The van der Waals surface area contributed by atoms with Crippen molar-refractivity contribution < 1.29 is 4.79 Å². The van der Waals surface area contributed by atoms with Gasteiger partial charge in [0, 0.05) is 22.1 Å². The average Bonchev–Trinajstić information content (AvgIpc) is 2.90. The Morgan fingerprint density at radius 2 is 2.19 bits per heavy atom. The summed E-state index contributed by atoms with van der Waals surface area (Å²) >= 11 is 1.56. The van der Waals surface area contributed by atoms with Crippen LogP contribution in [0.4, 0.5) is 5.69 Å². The first kappa shape index (κ1) is 13.5. The molecule has 3 rings (SSSR count). The fourth-order valence-electron chi connectivity index (χ4n) is 2.06. The van der Waals surface area contributed by atoms with Crippen LogP contribution < -0.4 is 11.1 Å². The molecule has 5 nitrogen and oxygen atoms in total. The highest BCUT2D eigenvalue weighted by Gasteiger charge is 2.11. The molecular weight excluding hydrogens is 284 g/mol. The molecule has 0 spiro atoms. The molecule has 6 heteroatoms. The number of thiazole rings is 1. The Balaban J connectivity index is 1.81. The zero-order chi connectivity index (χ0) is 14.8. The van der Waals surface area contributed by atoms with E-state index in [0.29, 0.717) is 17.9 Å². The van der Waals surface area contributed by atoms with Crippen LogP contribution >= 0.6 is 11.3 Å². The molecule has 0 unspecified atom stereocenters. The fourth-order valence-corrected chi connectivity index (χ4v) is 2.80. The summed E-state index contributed by atoms with van der Waals surface area (Å²) in [6.07, 6.45) is 1.77. The number of hydrogen-bond donors (Lipinski definition) is 2. The minimum Gasteiger partial charge on any atom is -0.398 e. The Labute approximate surface area is 125 Å². The highest BCUT2D eigenvalue weighted by molar-refractivity contribution is 7.11. The highest BCUT2D eigenvalue weighted by Crippen LogP contribution is 2.20.